The number of rotatable bonds is 5. The Labute approximate surface area is 307 Å². The number of imidazole rings is 1. The summed E-state index contributed by atoms with van der Waals surface area (Å²) in [4.78, 5) is 12.2. The number of fused-ring (bicyclic) bond motifs is 7. The van der Waals surface area contributed by atoms with E-state index in [1.54, 1.807) is 0 Å². The summed E-state index contributed by atoms with van der Waals surface area (Å²) in [7, 11) is 2.00. The maximum atomic E-state index is 16.7. The van der Waals surface area contributed by atoms with E-state index >= 15 is 4.39 Å². The second-order valence-corrected chi connectivity index (χ2v) is 14.4. The van der Waals surface area contributed by atoms with Crippen molar-refractivity contribution in [3.05, 3.63) is 180 Å². The van der Waals surface area contributed by atoms with Crippen LogP contribution in [0.5, 0.6) is 0 Å². The molecule has 4 heterocycles. The molecule has 0 amide bonds. The average molecular weight is 690 g/mol. The minimum absolute atomic E-state index is 0.250. The van der Waals surface area contributed by atoms with Gasteiger partial charge in [-0.15, -0.1) is 0 Å². The average Bonchev–Trinajstić information content (AvgIpc) is 3.73. The highest BCUT2D eigenvalue weighted by Crippen LogP contribution is 2.55. The topological polar surface area (TPSA) is 38.9 Å². The van der Waals surface area contributed by atoms with Gasteiger partial charge in [-0.25, -0.2) is 14.4 Å². The van der Waals surface area contributed by atoms with E-state index in [1.165, 1.54) is 11.1 Å². The van der Waals surface area contributed by atoms with Crippen LogP contribution in [-0.2, 0) is 12.5 Å². The van der Waals surface area contributed by atoms with E-state index in [9.17, 15) is 0 Å². The smallest absolute Gasteiger partial charge is 0.150 e. The van der Waals surface area contributed by atoms with Gasteiger partial charge in [0, 0.05) is 46.4 Å². The first kappa shape index (κ1) is 31.2. The molecule has 0 fully saturated rings. The van der Waals surface area contributed by atoms with E-state index in [0.29, 0.717) is 11.1 Å². The van der Waals surface area contributed by atoms with Crippen molar-refractivity contribution in [1.82, 2.24) is 19.1 Å². The zero-order chi connectivity index (χ0) is 35.8. The molecule has 53 heavy (non-hydrogen) atoms. The molecule has 3 aromatic heterocycles. The molecule has 9 aromatic rings. The van der Waals surface area contributed by atoms with Crippen LogP contribution in [-0.4, -0.2) is 19.1 Å². The number of benzene rings is 6. The maximum absolute atomic E-state index is 16.7. The zero-order valence-electron chi connectivity index (χ0n) is 29.7. The van der Waals surface area contributed by atoms with Crippen molar-refractivity contribution >= 4 is 50.0 Å². The Kier molecular flexibility index (Phi) is 6.92. The Hall–Kier alpha value is -6.53. The molecular weight excluding hydrogens is 654 g/mol. The quantitative estimate of drug-likeness (QED) is 0.181. The highest BCUT2D eigenvalue weighted by atomic mass is 19.1. The highest BCUT2D eigenvalue weighted by Gasteiger charge is 2.39. The Morgan fingerprint density at radius 1 is 0.642 bits per heavy atom. The minimum atomic E-state index is -1.34. The number of para-hydroxylation sites is 4. The van der Waals surface area contributed by atoms with Gasteiger partial charge in [-0.3, -0.25) is 4.57 Å². The summed E-state index contributed by atoms with van der Waals surface area (Å²) in [5.41, 5.74) is 12.4. The summed E-state index contributed by atoms with van der Waals surface area (Å²) in [5, 5.41) is 2.17. The van der Waals surface area contributed by atoms with Crippen LogP contribution in [0, 0.1) is 0 Å². The Morgan fingerprint density at radius 2 is 1.38 bits per heavy atom. The summed E-state index contributed by atoms with van der Waals surface area (Å²) >= 11 is 0. The van der Waals surface area contributed by atoms with Gasteiger partial charge < -0.3 is 9.47 Å². The molecule has 0 radical (unpaired) electrons. The second kappa shape index (κ2) is 11.8. The number of aromatic nitrogens is 4. The van der Waals surface area contributed by atoms with Gasteiger partial charge in [0.25, 0.3) is 0 Å². The first-order valence-corrected chi connectivity index (χ1v) is 18.0. The van der Waals surface area contributed by atoms with Crippen LogP contribution in [0.4, 0.5) is 21.5 Å². The zero-order valence-corrected chi connectivity index (χ0v) is 29.7. The third-order valence-electron chi connectivity index (χ3n) is 11.0. The predicted molar refractivity (Wildman–Crippen MR) is 214 cm³/mol. The second-order valence-electron chi connectivity index (χ2n) is 14.4. The van der Waals surface area contributed by atoms with Crippen molar-refractivity contribution < 1.29 is 4.39 Å². The summed E-state index contributed by atoms with van der Waals surface area (Å²) < 4.78 is 21.0. The lowest BCUT2D eigenvalue weighted by molar-refractivity contribution is 0.402. The van der Waals surface area contributed by atoms with Crippen LogP contribution < -0.4 is 4.90 Å². The molecule has 1 aliphatic rings. The molecule has 0 aliphatic carbocycles. The van der Waals surface area contributed by atoms with Gasteiger partial charge in [0.15, 0.2) is 6.17 Å². The van der Waals surface area contributed by atoms with Crippen molar-refractivity contribution in [3.8, 4) is 17.1 Å². The molecule has 1 atom stereocenters. The maximum Gasteiger partial charge on any atom is 0.150 e. The number of alkyl halides is 1. The normalized spacial score (nSPS) is 14.1. The standard InChI is InChI=1S/C47H36FN5/c1-47(2)36-21-7-9-23-39(36)52(33-17-5-4-6-18-33)44-37(47)25-26-41-42(44)35-20-13-27-49-46(35)53(41)34-19-12-15-31(29-34)43(48)30-14-11-16-32(28-30)45-50-38-22-8-10-24-40(38)51(45)3/h4-29,43H,1-3H3. The molecular formula is C47H36FN5. The lowest BCUT2D eigenvalue weighted by Crippen LogP contribution is -2.30. The number of anilines is 3. The lowest BCUT2D eigenvalue weighted by atomic mass is 9.73. The van der Waals surface area contributed by atoms with Crippen LogP contribution in [0.3, 0.4) is 0 Å². The largest absolute Gasteiger partial charge is 0.327 e. The fraction of sp³-hybridized carbons (Fsp3) is 0.106. The Bertz CT molecular complexity index is 2870. The molecule has 5 nitrogen and oxygen atoms in total. The van der Waals surface area contributed by atoms with Crippen LogP contribution in [0.1, 0.15) is 42.3 Å². The van der Waals surface area contributed by atoms with E-state index in [-0.39, 0.29) is 5.41 Å². The monoisotopic (exact) mass is 689 g/mol. The van der Waals surface area contributed by atoms with Crippen molar-refractivity contribution in [2.24, 2.45) is 7.05 Å². The predicted octanol–water partition coefficient (Wildman–Crippen LogP) is 11.9. The first-order valence-electron chi connectivity index (χ1n) is 18.0. The van der Waals surface area contributed by atoms with Crippen molar-refractivity contribution in [3.63, 3.8) is 0 Å². The number of nitrogens with zero attached hydrogens (tertiary/aromatic N) is 5. The molecule has 0 saturated heterocycles. The molecule has 6 aromatic carbocycles. The molecule has 10 rings (SSSR count). The third-order valence-corrected chi connectivity index (χ3v) is 11.0. The van der Waals surface area contributed by atoms with Crippen LogP contribution in [0.2, 0.25) is 0 Å². The number of aryl methyl sites for hydroxylation is 1. The molecule has 0 saturated carbocycles. The van der Waals surface area contributed by atoms with Crippen LogP contribution >= 0.6 is 0 Å². The van der Waals surface area contributed by atoms with Crippen molar-refractivity contribution in [1.29, 1.82) is 0 Å². The molecule has 256 valence electrons. The molecule has 1 aliphatic heterocycles. The fourth-order valence-electron chi connectivity index (χ4n) is 8.48. The summed E-state index contributed by atoms with van der Waals surface area (Å²) in [6.07, 6.45) is 0.497. The lowest BCUT2D eigenvalue weighted by Gasteiger charge is -2.42. The minimum Gasteiger partial charge on any atom is -0.327 e. The van der Waals surface area contributed by atoms with E-state index in [0.717, 1.165) is 67.1 Å². The number of hydrogen-bond acceptors (Lipinski definition) is 3. The van der Waals surface area contributed by atoms with Gasteiger partial charge in [0.05, 0.1) is 27.9 Å². The van der Waals surface area contributed by atoms with Gasteiger partial charge in [0.1, 0.15) is 11.5 Å². The van der Waals surface area contributed by atoms with Gasteiger partial charge >= 0.3 is 0 Å². The van der Waals surface area contributed by atoms with Gasteiger partial charge in [-0.2, -0.15) is 0 Å². The molecule has 6 heteroatoms. The number of hydrogen-bond donors (Lipinski definition) is 0. The number of halogens is 1. The fourth-order valence-corrected chi connectivity index (χ4v) is 8.48. The van der Waals surface area contributed by atoms with Crippen LogP contribution in [0.25, 0.3) is 50.0 Å². The van der Waals surface area contributed by atoms with Gasteiger partial charge in [-0.05, 0) is 89.0 Å². The third kappa shape index (κ3) is 4.68. The Morgan fingerprint density at radius 3 is 2.23 bits per heavy atom. The van der Waals surface area contributed by atoms with Crippen molar-refractivity contribution in [2.75, 3.05) is 4.90 Å². The van der Waals surface area contributed by atoms with E-state index in [2.05, 4.69) is 107 Å². The van der Waals surface area contributed by atoms with E-state index in [1.807, 2.05) is 86.0 Å². The molecule has 1 unspecified atom stereocenters. The van der Waals surface area contributed by atoms with Gasteiger partial charge in [-0.1, -0.05) is 98.8 Å². The SMILES string of the molecule is Cn1c(-c2cccc(C(F)c3cccc(-n4c5ccc6c(c5c5cccnc54)N(c4ccccc4)c4ccccc4C6(C)C)c3)c2)nc2ccccc21. The number of pyridine rings is 1. The Balaban J connectivity index is 1.14. The van der Waals surface area contributed by atoms with E-state index in [4.69, 9.17) is 9.97 Å². The molecule has 0 N–H and O–H groups in total. The highest BCUT2D eigenvalue weighted by molar-refractivity contribution is 6.17. The first-order chi connectivity index (χ1) is 25.9. The van der Waals surface area contributed by atoms with Crippen LogP contribution in [0.15, 0.2) is 158 Å². The molecule has 0 bridgehead atoms. The molecule has 0 spiro atoms. The summed E-state index contributed by atoms with van der Waals surface area (Å²) in [5.74, 6) is 0.809. The van der Waals surface area contributed by atoms with Crippen molar-refractivity contribution in [2.45, 2.75) is 25.4 Å². The van der Waals surface area contributed by atoms with E-state index < -0.39 is 6.17 Å². The summed E-state index contributed by atoms with van der Waals surface area (Å²) in [6, 6.07) is 51.5. The summed E-state index contributed by atoms with van der Waals surface area (Å²) in [6.45, 7) is 4.62. The van der Waals surface area contributed by atoms with Gasteiger partial charge in [0.2, 0.25) is 0 Å².